The van der Waals surface area contributed by atoms with Gasteiger partial charge in [0.2, 0.25) is 0 Å². The number of nitrogens with one attached hydrogen (secondary N) is 1. The molecule has 0 aliphatic carbocycles. The molecule has 0 saturated carbocycles. The quantitative estimate of drug-likeness (QED) is 0.577. The number of nitrogen functional groups attached to an aromatic ring is 1. The molecule has 1 aromatic rings. The number of aromatic nitrogens is 1. The van der Waals surface area contributed by atoms with Crippen LogP contribution in [-0.2, 0) is 4.74 Å². The molecule has 3 N–H and O–H groups in total. The lowest BCUT2D eigenvalue weighted by Gasteiger charge is -2.18. The van der Waals surface area contributed by atoms with E-state index in [-0.39, 0.29) is 5.84 Å². The van der Waals surface area contributed by atoms with Crippen molar-refractivity contribution in [3.63, 3.8) is 0 Å². The maximum absolute atomic E-state index is 7.35. The second kappa shape index (κ2) is 4.49. The molecule has 0 spiro atoms. The fourth-order valence-corrected chi connectivity index (χ4v) is 1.92. The van der Waals surface area contributed by atoms with Gasteiger partial charge >= 0.3 is 0 Å². The van der Waals surface area contributed by atoms with E-state index in [0.29, 0.717) is 11.8 Å². The number of methoxy groups -OCH3 is 1. The Balaban J connectivity index is 2.15. The number of hydrogen-bond acceptors (Lipinski definition) is 4. The highest BCUT2D eigenvalue weighted by Gasteiger charge is 2.22. The summed E-state index contributed by atoms with van der Waals surface area (Å²) < 4.78 is 5.32. The van der Waals surface area contributed by atoms with Gasteiger partial charge in [0, 0.05) is 32.1 Å². The molecular formula is C11H16N4O. The predicted molar refractivity (Wildman–Crippen MR) is 62.9 cm³/mol. The molecule has 1 fully saturated rings. The zero-order valence-corrected chi connectivity index (χ0v) is 9.31. The number of amidine groups is 1. The fourth-order valence-electron chi connectivity index (χ4n) is 1.92. The second-order valence-electron chi connectivity index (χ2n) is 3.91. The largest absolute Gasteiger partial charge is 0.382 e. The van der Waals surface area contributed by atoms with Crippen molar-refractivity contribution in [1.29, 1.82) is 5.41 Å². The van der Waals surface area contributed by atoms with Gasteiger partial charge in [-0.3, -0.25) is 10.4 Å². The van der Waals surface area contributed by atoms with E-state index in [1.807, 2.05) is 12.1 Å². The van der Waals surface area contributed by atoms with Gasteiger partial charge in [-0.2, -0.15) is 0 Å². The molecule has 1 aliphatic heterocycles. The van der Waals surface area contributed by atoms with Gasteiger partial charge in [0.15, 0.2) is 0 Å². The Morgan fingerprint density at radius 1 is 1.69 bits per heavy atom. The van der Waals surface area contributed by atoms with E-state index in [9.17, 15) is 0 Å². The van der Waals surface area contributed by atoms with E-state index in [1.165, 1.54) is 0 Å². The lowest BCUT2D eigenvalue weighted by Crippen LogP contribution is -2.23. The fraction of sp³-hybridized carbons (Fsp3) is 0.455. The summed E-state index contributed by atoms with van der Waals surface area (Å²) in [6, 6.07) is 3.78. The summed E-state index contributed by atoms with van der Waals surface area (Å²) in [6.07, 6.45) is 3.02. The summed E-state index contributed by atoms with van der Waals surface area (Å²) in [6.45, 7) is 1.86. The van der Waals surface area contributed by atoms with E-state index in [2.05, 4.69) is 9.88 Å². The lowest BCUT2D eigenvalue weighted by atomic mass is 10.3. The first-order valence-corrected chi connectivity index (χ1v) is 5.29. The molecule has 1 aromatic heterocycles. The van der Waals surface area contributed by atoms with Crippen molar-refractivity contribution in [2.24, 2.45) is 5.73 Å². The molecule has 0 aromatic carbocycles. The maximum Gasteiger partial charge on any atom is 0.141 e. The number of ether oxygens (including phenoxy) is 1. The first kappa shape index (κ1) is 10.9. The van der Waals surface area contributed by atoms with Crippen LogP contribution in [0, 0.1) is 5.41 Å². The average molecular weight is 220 g/mol. The van der Waals surface area contributed by atoms with Crippen LogP contribution in [-0.4, -0.2) is 37.1 Å². The van der Waals surface area contributed by atoms with Gasteiger partial charge in [-0.05, 0) is 18.6 Å². The predicted octanol–water partition coefficient (Wildman–Crippen LogP) is 0.591. The third-order valence-electron chi connectivity index (χ3n) is 2.86. The third-order valence-corrected chi connectivity index (χ3v) is 2.86. The Morgan fingerprint density at radius 2 is 2.50 bits per heavy atom. The number of hydrogen-bond donors (Lipinski definition) is 2. The molecule has 5 nitrogen and oxygen atoms in total. The number of nitrogens with zero attached hydrogens (tertiary/aromatic N) is 2. The first-order chi connectivity index (χ1) is 7.70. The summed E-state index contributed by atoms with van der Waals surface area (Å²) in [4.78, 5) is 6.27. The first-order valence-electron chi connectivity index (χ1n) is 5.29. The zero-order chi connectivity index (χ0) is 11.5. The minimum absolute atomic E-state index is 0.00402. The Bertz CT molecular complexity index is 393. The van der Waals surface area contributed by atoms with E-state index in [0.717, 1.165) is 25.2 Å². The molecule has 0 radical (unpaired) electrons. The summed E-state index contributed by atoms with van der Waals surface area (Å²) in [5, 5.41) is 7.35. The van der Waals surface area contributed by atoms with Gasteiger partial charge in [0.1, 0.15) is 11.5 Å². The SMILES string of the molecule is COC1CCN(c2ccnc(C(=N)N)c2)C1. The van der Waals surface area contributed by atoms with Crippen molar-refractivity contribution in [3.8, 4) is 0 Å². The molecule has 86 valence electrons. The van der Waals surface area contributed by atoms with E-state index >= 15 is 0 Å². The molecule has 0 amide bonds. The number of pyridine rings is 1. The van der Waals surface area contributed by atoms with Crippen LogP contribution >= 0.6 is 0 Å². The van der Waals surface area contributed by atoms with Gasteiger partial charge in [-0.15, -0.1) is 0 Å². The summed E-state index contributed by atoms with van der Waals surface area (Å²) in [5.41, 5.74) is 6.99. The summed E-state index contributed by atoms with van der Waals surface area (Å²) in [5.74, 6) is 0.00402. The van der Waals surface area contributed by atoms with Crippen LogP contribution in [0.5, 0.6) is 0 Å². The molecule has 5 heteroatoms. The van der Waals surface area contributed by atoms with Gasteiger partial charge in [0.05, 0.1) is 6.10 Å². The Kier molecular flexibility index (Phi) is 3.05. The molecule has 1 saturated heterocycles. The Labute approximate surface area is 94.7 Å². The Morgan fingerprint density at radius 3 is 3.12 bits per heavy atom. The van der Waals surface area contributed by atoms with E-state index < -0.39 is 0 Å². The Hall–Kier alpha value is -1.62. The van der Waals surface area contributed by atoms with Crippen LogP contribution in [0.25, 0.3) is 0 Å². The molecule has 16 heavy (non-hydrogen) atoms. The van der Waals surface area contributed by atoms with Crippen LogP contribution in [0.2, 0.25) is 0 Å². The molecule has 1 unspecified atom stereocenters. The van der Waals surface area contributed by atoms with Gasteiger partial charge in [0.25, 0.3) is 0 Å². The van der Waals surface area contributed by atoms with Crippen LogP contribution < -0.4 is 10.6 Å². The van der Waals surface area contributed by atoms with Crippen LogP contribution in [0.1, 0.15) is 12.1 Å². The zero-order valence-electron chi connectivity index (χ0n) is 9.31. The summed E-state index contributed by atoms with van der Waals surface area (Å²) in [7, 11) is 1.74. The highest BCUT2D eigenvalue weighted by Crippen LogP contribution is 2.21. The minimum atomic E-state index is 0.00402. The van der Waals surface area contributed by atoms with E-state index in [4.69, 9.17) is 15.9 Å². The molecule has 2 heterocycles. The smallest absolute Gasteiger partial charge is 0.141 e. The standard InChI is InChI=1S/C11H16N4O/c1-16-9-3-5-15(7-9)8-2-4-14-10(6-8)11(12)13/h2,4,6,9H,3,5,7H2,1H3,(H3,12,13). The van der Waals surface area contributed by atoms with Crippen molar-refractivity contribution in [2.75, 3.05) is 25.1 Å². The molecular weight excluding hydrogens is 204 g/mol. The van der Waals surface area contributed by atoms with Gasteiger partial charge in [-0.25, -0.2) is 0 Å². The topological polar surface area (TPSA) is 75.2 Å². The monoisotopic (exact) mass is 220 g/mol. The molecule has 2 rings (SSSR count). The number of nitrogens with two attached hydrogens (primary N) is 1. The lowest BCUT2D eigenvalue weighted by molar-refractivity contribution is 0.121. The van der Waals surface area contributed by atoms with Crippen molar-refractivity contribution < 1.29 is 4.74 Å². The van der Waals surface area contributed by atoms with Crippen molar-refractivity contribution in [1.82, 2.24) is 4.98 Å². The van der Waals surface area contributed by atoms with Crippen LogP contribution in [0.15, 0.2) is 18.3 Å². The van der Waals surface area contributed by atoms with Crippen molar-refractivity contribution in [3.05, 3.63) is 24.0 Å². The number of anilines is 1. The van der Waals surface area contributed by atoms with Crippen molar-refractivity contribution in [2.45, 2.75) is 12.5 Å². The average Bonchev–Trinajstić information content (AvgIpc) is 2.77. The van der Waals surface area contributed by atoms with Crippen LogP contribution in [0.3, 0.4) is 0 Å². The molecule has 1 atom stereocenters. The van der Waals surface area contributed by atoms with Gasteiger partial charge < -0.3 is 15.4 Å². The molecule has 1 aliphatic rings. The van der Waals surface area contributed by atoms with E-state index in [1.54, 1.807) is 13.3 Å². The second-order valence-corrected chi connectivity index (χ2v) is 3.91. The third kappa shape index (κ3) is 2.14. The minimum Gasteiger partial charge on any atom is -0.382 e. The number of rotatable bonds is 3. The normalized spacial score (nSPS) is 20.1. The summed E-state index contributed by atoms with van der Waals surface area (Å²) >= 11 is 0. The highest BCUT2D eigenvalue weighted by molar-refractivity contribution is 5.93. The highest BCUT2D eigenvalue weighted by atomic mass is 16.5. The van der Waals surface area contributed by atoms with Gasteiger partial charge in [-0.1, -0.05) is 0 Å². The van der Waals surface area contributed by atoms with Crippen LogP contribution in [0.4, 0.5) is 5.69 Å². The van der Waals surface area contributed by atoms with Crippen molar-refractivity contribution >= 4 is 11.5 Å². The maximum atomic E-state index is 7.35. The molecule has 0 bridgehead atoms.